The molecule has 2 atom stereocenters. The molecule has 1 aromatic carbocycles. The zero-order valence-electron chi connectivity index (χ0n) is 16.6. The first-order valence-electron chi connectivity index (χ1n) is 8.81. The Hall–Kier alpha value is -2.37. The van der Waals surface area contributed by atoms with Crippen LogP contribution in [0.1, 0.15) is 50.8 Å². The molecule has 6 heteroatoms. The number of methoxy groups -OCH3 is 1. The van der Waals surface area contributed by atoms with Crippen LogP contribution in [0.3, 0.4) is 0 Å². The summed E-state index contributed by atoms with van der Waals surface area (Å²) in [5.74, 6) is 0.449. The van der Waals surface area contributed by atoms with Crippen molar-refractivity contribution < 1.29 is 19.1 Å². The van der Waals surface area contributed by atoms with E-state index in [1.54, 1.807) is 0 Å². The van der Waals surface area contributed by atoms with Crippen LogP contribution in [-0.2, 0) is 14.3 Å². The number of nitrogens with one attached hydrogen (secondary N) is 1. The molecule has 0 saturated heterocycles. The van der Waals surface area contributed by atoms with E-state index < -0.39 is 5.41 Å². The average Bonchev–Trinajstić information content (AvgIpc) is 2.56. The molecule has 0 aromatic heterocycles. The summed E-state index contributed by atoms with van der Waals surface area (Å²) in [6.07, 6.45) is 0.0722. The minimum Gasteiger partial charge on any atom is -0.489 e. The fourth-order valence-electron chi connectivity index (χ4n) is 3.04. The van der Waals surface area contributed by atoms with Crippen LogP contribution in [0.5, 0.6) is 5.75 Å². The van der Waals surface area contributed by atoms with Crippen LogP contribution in [0.4, 0.5) is 0 Å². The van der Waals surface area contributed by atoms with Crippen molar-refractivity contribution >= 4 is 17.6 Å². The number of aryl methyl sites for hydroxylation is 2. The molecule has 1 N–H and O–H groups in total. The molecular weight excluding hydrogens is 332 g/mol. The Labute approximate surface area is 155 Å². The second-order valence-electron chi connectivity index (χ2n) is 7.55. The van der Waals surface area contributed by atoms with E-state index in [4.69, 9.17) is 9.47 Å². The zero-order valence-corrected chi connectivity index (χ0v) is 16.6. The molecule has 1 aliphatic heterocycles. The van der Waals surface area contributed by atoms with Crippen LogP contribution in [0.15, 0.2) is 17.2 Å². The van der Waals surface area contributed by atoms with Crippen LogP contribution < -0.4 is 10.2 Å². The summed E-state index contributed by atoms with van der Waals surface area (Å²) in [6.45, 7) is 11.4. The average molecular weight is 360 g/mol. The number of hydrazone groups is 1. The summed E-state index contributed by atoms with van der Waals surface area (Å²) >= 11 is 0. The maximum atomic E-state index is 12.0. The highest BCUT2D eigenvalue weighted by atomic mass is 16.5. The van der Waals surface area contributed by atoms with Crippen LogP contribution in [0.2, 0.25) is 0 Å². The molecule has 1 heterocycles. The lowest BCUT2D eigenvalue weighted by Gasteiger charge is -2.30. The van der Waals surface area contributed by atoms with E-state index in [9.17, 15) is 9.59 Å². The Kier molecular flexibility index (Phi) is 5.74. The van der Waals surface area contributed by atoms with Crippen LogP contribution in [0, 0.1) is 25.2 Å². The number of hydrogen-bond donors (Lipinski definition) is 1. The van der Waals surface area contributed by atoms with Crippen molar-refractivity contribution in [1.82, 2.24) is 5.43 Å². The maximum absolute atomic E-state index is 12.0. The summed E-state index contributed by atoms with van der Waals surface area (Å²) in [7, 11) is 1.38. The Bertz CT molecular complexity index is 729. The lowest BCUT2D eigenvalue weighted by Crippen LogP contribution is -2.40. The molecule has 1 aliphatic rings. The second-order valence-corrected chi connectivity index (χ2v) is 7.55. The third-order valence-corrected chi connectivity index (χ3v) is 5.04. The molecule has 0 spiro atoms. The van der Waals surface area contributed by atoms with Gasteiger partial charge in [0.15, 0.2) is 0 Å². The smallest absolute Gasteiger partial charge is 0.314 e. The van der Waals surface area contributed by atoms with E-state index >= 15 is 0 Å². The number of rotatable bonds is 5. The van der Waals surface area contributed by atoms with Gasteiger partial charge in [0.2, 0.25) is 5.91 Å². The van der Waals surface area contributed by atoms with Crippen LogP contribution in [0.25, 0.3) is 0 Å². The fourth-order valence-corrected chi connectivity index (χ4v) is 3.04. The van der Waals surface area contributed by atoms with Crippen LogP contribution in [-0.4, -0.2) is 30.8 Å². The first-order valence-corrected chi connectivity index (χ1v) is 8.81. The minimum atomic E-state index is -0.765. The van der Waals surface area contributed by atoms with Crippen molar-refractivity contribution in [3.63, 3.8) is 0 Å². The first-order chi connectivity index (χ1) is 12.1. The molecule has 0 saturated carbocycles. The SMILES string of the molecule is COC(=O)C(C)(C)C(C)Oc1c(C)cc(C2=NNC(=O)CC2C)cc1C. The number of carbonyl (C=O) groups is 2. The third kappa shape index (κ3) is 3.89. The van der Waals surface area contributed by atoms with Gasteiger partial charge in [0.05, 0.1) is 18.2 Å². The minimum absolute atomic E-state index is 0.0616. The van der Waals surface area contributed by atoms with Crippen molar-refractivity contribution in [3.8, 4) is 5.75 Å². The van der Waals surface area contributed by atoms with Gasteiger partial charge in [-0.25, -0.2) is 5.43 Å². The maximum Gasteiger partial charge on any atom is 0.314 e. The Morgan fingerprint density at radius 1 is 1.31 bits per heavy atom. The van der Waals surface area contributed by atoms with Gasteiger partial charge < -0.3 is 9.47 Å². The Balaban J connectivity index is 2.30. The second kappa shape index (κ2) is 7.48. The largest absolute Gasteiger partial charge is 0.489 e. The van der Waals surface area contributed by atoms with Gasteiger partial charge in [0.25, 0.3) is 0 Å². The standard InChI is InChI=1S/C20H28N2O4/c1-11-10-16(23)21-22-17(11)15-8-12(2)18(13(3)9-15)26-14(4)20(5,6)19(24)25-7/h8-9,11,14H,10H2,1-7H3,(H,21,23). The van der Waals surface area contributed by atoms with Gasteiger partial charge in [-0.2, -0.15) is 5.10 Å². The number of esters is 1. The van der Waals surface area contributed by atoms with Gasteiger partial charge >= 0.3 is 5.97 Å². The van der Waals surface area contributed by atoms with Gasteiger partial charge in [-0.15, -0.1) is 0 Å². The van der Waals surface area contributed by atoms with E-state index in [1.807, 2.05) is 53.7 Å². The van der Waals surface area contributed by atoms with E-state index in [0.29, 0.717) is 6.42 Å². The van der Waals surface area contributed by atoms with Gasteiger partial charge in [-0.1, -0.05) is 6.92 Å². The Morgan fingerprint density at radius 2 is 1.88 bits per heavy atom. The summed E-state index contributed by atoms with van der Waals surface area (Å²) < 4.78 is 11.0. The van der Waals surface area contributed by atoms with Gasteiger partial charge in [0, 0.05) is 12.3 Å². The van der Waals surface area contributed by atoms with Crippen molar-refractivity contribution in [3.05, 3.63) is 28.8 Å². The number of ether oxygens (including phenoxy) is 2. The molecule has 1 amide bonds. The van der Waals surface area contributed by atoms with Gasteiger partial charge in [-0.05, 0) is 63.4 Å². The lowest BCUT2D eigenvalue weighted by molar-refractivity contribution is -0.155. The molecule has 142 valence electrons. The molecule has 1 aromatic rings. The van der Waals surface area contributed by atoms with Crippen molar-refractivity contribution in [2.45, 2.75) is 54.1 Å². The zero-order chi connectivity index (χ0) is 19.6. The molecule has 6 nitrogen and oxygen atoms in total. The molecule has 0 radical (unpaired) electrons. The molecule has 26 heavy (non-hydrogen) atoms. The molecule has 0 aliphatic carbocycles. The quantitative estimate of drug-likeness (QED) is 0.819. The monoisotopic (exact) mass is 360 g/mol. The predicted molar refractivity (Wildman–Crippen MR) is 100 cm³/mol. The summed E-state index contributed by atoms with van der Waals surface area (Å²) in [4.78, 5) is 23.5. The van der Waals surface area contributed by atoms with E-state index in [1.165, 1.54) is 7.11 Å². The molecule has 0 fully saturated rings. The topological polar surface area (TPSA) is 77.0 Å². The molecule has 2 rings (SSSR count). The van der Waals surface area contributed by atoms with Crippen molar-refractivity contribution in [2.24, 2.45) is 16.4 Å². The highest BCUT2D eigenvalue weighted by Crippen LogP contribution is 2.32. The van der Waals surface area contributed by atoms with Gasteiger partial charge in [0.1, 0.15) is 11.9 Å². The van der Waals surface area contributed by atoms with Crippen LogP contribution >= 0.6 is 0 Å². The third-order valence-electron chi connectivity index (χ3n) is 5.04. The van der Waals surface area contributed by atoms with Crippen molar-refractivity contribution in [2.75, 3.05) is 7.11 Å². The number of amides is 1. The predicted octanol–water partition coefficient (Wildman–Crippen LogP) is 3.13. The Morgan fingerprint density at radius 3 is 2.38 bits per heavy atom. The summed E-state index contributed by atoms with van der Waals surface area (Å²) in [5.41, 5.74) is 5.54. The van der Waals surface area contributed by atoms with E-state index in [0.717, 1.165) is 28.2 Å². The highest BCUT2D eigenvalue weighted by molar-refractivity contribution is 6.06. The van der Waals surface area contributed by atoms with Crippen molar-refractivity contribution in [1.29, 1.82) is 0 Å². The highest BCUT2D eigenvalue weighted by Gasteiger charge is 2.37. The molecule has 0 bridgehead atoms. The summed E-state index contributed by atoms with van der Waals surface area (Å²) in [5, 5.41) is 4.22. The molecular formula is C20H28N2O4. The van der Waals surface area contributed by atoms with Gasteiger partial charge in [-0.3, -0.25) is 9.59 Å². The fraction of sp³-hybridized carbons (Fsp3) is 0.550. The lowest BCUT2D eigenvalue weighted by atomic mass is 9.87. The first kappa shape index (κ1) is 19.9. The number of carbonyl (C=O) groups excluding carboxylic acids is 2. The number of hydrogen-bond acceptors (Lipinski definition) is 5. The summed E-state index contributed by atoms with van der Waals surface area (Å²) in [6, 6.07) is 4.01. The molecule has 2 unspecified atom stereocenters. The van der Waals surface area contributed by atoms with E-state index in [-0.39, 0.29) is 23.9 Å². The van der Waals surface area contributed by atoms with E-state index in [2.05, 4.69) is 10.5 Å². The number of benzene rings is 1. The number of nitrogens with zero attached hydrogens (tertiary/aromatic N) is 1. The normalized spacial score (nSPS) is 18.7.